The van der Waals surface area contributed by atoms with Crippen LogP contribution in [0.2, 0.25) is 5.02 Å². The summed E-state index contributed by atoms with van der Waals surface area (Å²) in [6.07, 6.45) is 5.33. The number of aromatic nitrogens is 3. The van der Waals surface area contributed by atoms with Crippen LogP contribution in [-0.4, -0.2) is 15.0 Å². The third kappa shape index (κ3) is 3.02. The van der Waals surface area contributed by atoms with Gasteiger partial charge in [0.2, 0.25) is 0 Å². The molecule has 0 saturated carbocycles. The van der Waals surface area contributed by atoms with Crippen LogP contribution in [0.4, 0.5) is 11.4 Å². The fourth-order valence-electron chi connectivity index (χ4n) is 2.23. The first-order valence-corrected chi connectivity index (χ1v) is 8.17. The third-order valence-electron chi connectivity index (χ3n) is 3.27. The fraction of sp³-hybridized carbons (Fsp3) is 0. The van der Waals surface area contributed by atoms with Crippen LogP contribution in [-0.2, 0) is 0 Å². The minimum Gasteiger partial charge on any atom is -0.354 e. The van der Waals surface area contributed by atoms with Crippen LogP contribution in [0.25, 0.3) is 20.9 Å². The van der Waals surface area contributed by atoms with E-state index in [-0.39, 0.29) is 0 Å². The van der Waals surface area contributed by atoms with Crippen LogP contribution in [0.1, 0.15) is 0 Å². The standard InChI is InChI=1S/C17H11ClN4S/c18-12-4-1-5-13(7-12)21-14-8-15-16(20-10-14)22-17(23-15)11-3-2-6-19-9-11/h1-10,21H. The maximum Gasteiger partial charge on any atom is 0.171 e. The van der Waals surface area contributed by atoms with Gasteiger partial charge in [0.1, 0.15) is 5.01 Å². The minimum absolute atomic E-state index is 0.695. The molecule has 4 nitrogen and oxygen atoms in total. The zero-order valence-electron chi connectivity index (χ0n) is 11.9. The Morgan fingerprint density at radius 3 is 2.78 bits per heavy atom. The molecule has 0 spiro atoms. The number of thiazole rings is 1. The lowest BCUT2D eigenvalue weighted by atomic mass is 10.3. The van der Waals surface area contributed by atoms with Crippen molar-refractivity contribution in [1.29, 1.82) is 0 Å². The Balaban J connectivity index is 1.68. The molecule has 3 heterocycles. The molecule has 6 heteroatoms. The molecule has 1 N–H and O–H groups in total. The Kier molecular flexibility index (Phi) is 3.65. The zero-order chi connectivity index (χ0) is 15.6. The van der Waals surface area contributed by atoms with Gasteiger partial charge in [-0.1, -0.05) is 17.7 Å². The molecular weight excluding hydrogens is 328 g/mol. The third-order valence-corrected chi connectivity index (χ3v) is 4.54. The lowest BCUT2D eigenvalue weighted by Gasteiger charge is -2.05. The van der Waals surface area contributed by atoms with Crippen molar-refractivity contribution in [3.05, 3.63) is 66.1 Å². The van der Waals surface area contributed by atoms with Crippen molar-refractivity contribution in [3.63, 3.8) is 0 Å². The molecule has 0 saturated heterocycles. The summed E-state index contributed by atoms with van der Waals surface area (Å²) in [4.78, 5) is 13.1. The van der Waals surface area contributed by atoms with Crippen molar-refractivity contribution in [3.8, 4) is 10.6 Å². The summed E-state index contributed by atoms with van der Waals surface area (Å²) in [6.45, 7) is 0. The van der Waals surface area contributed by atoms with Crippen molar-refractivity contribution in [1.82, 2.24) is 15.0 Å². The maximum atomic E-state index is 6.01. The number of halogens is 1. The van der Waals surface area contributed by atoms with E-state index in [1.54, 1.807) is 23.7 Å². The van der Waals surface area contributed by atoms with E-state index >= 15 is 0 Å². The van der Waals surface area contributed by atoms with E-state index < -0.39 is 0 Å². The highest BCUT2D eigenvalue weighted by atomic mass is 35.5. The molecule has 4 rings (SSSR count). The quantitative estimate of drug-likeness (QED) is 0.561. The Morgan fingerprint density at radius 2 is 1.96 bits per heavy atom. The van der Waals surface area contributed by atoms with E-state index in [0.717, 1.165) is 32.3 Å². The van der Waals surface area contributed by atoms with Crippen LogP contribution >= 0.6 is 22.9 Å². The van der Waals surface area contributed by atoms with Crippen molar-refractivity contribution in [2.24, 2.45) is 0 Å². The molecule has 4 aromatic rings. The highest BCUT2D eigenvalue weighted by molar-refractivity contribution is 7.21. The van der Waals surface area contributed by atoms with Crippen molar-refractivity contribution < 1.29 is 0 Å². The van der Waals surface area contributed by atoms with Gasteiger partial charge in [0.15, 0.2) is 5.65 Å². The summed E-state index contributed by atoms with van der Waals surface area (Å²) in [7, 11) is 0. The summed E-state index contributed by atoms with van der Waals surface area (Å²) < 4.78 is 1.02. The average Bonchev–Trinajstić information content (AvgIpc) is 2.99. The first-order valence-electron chi connectivity index (χ1n) is 6.97. The summed E-state index contributed by atoms with van der Waals surface area (Å²) in [5.74, 6) is 0. The number of anilines is 2. The molecule has 0 aliphatic heterocycles. The van der Waals surface area contributed by atoms with E-state index in [9.17, 15) is 0 Å². The van der Waals surface area contributed by atoms with Gasteiger partial charge in [0.05, 0.1) is 16.6 Å². The number of hydrogen-bond acceptors (Lipinski definition) is 5. The van der Waals surface area contributed by atoms with E-state index in [0.29, 0.717) is 5.02 Å². The van der Waals surface area contributed by atoms with Gasteiger partial charge in [-0.25, -0.2) is 9.97 Å². The van der Waals surface area contributed by atoms with Crippen LogP contribution in [0.3, 0.4) is 0 Å². The first kappa shape index (κ1) is 14.1. The van der Waals surface area contributed by atoms with Gasteiger partial charge in [-0.3, -0.25) is 4.98 Å². The summed E-state index contributed by atoms with van der Waals surface area (Å²) >= 11 is 7.61. The van der Waals surface area contributed by atoms with Crippen molar-refractivity contribution in [2.45, 2.75) is 0 Å². The Hall–Kier alpha value is -2.50. The molecule has 0 unspecified atom stereocenters. The molecule has 0 amide bonds. The van der Waals surface area contributed by atoms with E-state index in [1.165, 1.54) is 0 Å². The Labute approximate surface area is 141 Å². The van der Waals surface area contributed by atoms with Gasteiger partial charge in [0.25, 0.3) is 0 Å². The molecule has 0 aliphatic carbocycles. The zero-order valence-corrected chi connectivity index (χ0v) is 13.5. The van der Waals surface area contributed by atoms with E-state index in [1.807, 2.05) is 48.7 Å². The predicted molar refractivity (Wildman–Crippen MR) is 95.4 cm³/mol. The number of hydrogen-bond donors (Lipinski definition) is 1. The second-order valence-corrected chi connectivity index (χ2v) is 6.41. The number of pyridine rings is 2. The SMILES string of the molecule is Clc1cccc(Nc2cnc3nc(-c4cccnc4)sc3c2)c1. The van der Waals surface area contributed by atoms with Gasteiger partial charge >= 0.3 is 0 Å². The topological polar surface area (TPSA) is 50.7 Å². The second-order valence-electron chi connectivity index (χ2n) is 4.94. The number of benzene rings is 1. The summed E-state index contributed by atoms with van der Waals surface area (Å²) in [5, 5.41) is 4.92. The molecule has 1 aromatic carbocycles. The smallest absolute Gasteiger partial charge is 0.171 e. The Morgan fingerprint density at radius 1 is 1.00 bits per heavy atom. The molecule has 0 atom stereocenters. The van der Waals surface area contributed by atoms with Crippen molar-refractivity contribution in [2.75, 3.05) is 5.32 Å². The highest BCUT2D eigenvalue weighted by Gasteiger charge is 2.08. The van der Waals surface area contributed by atoms with Gasteiger partial charge in [-0.15, -0.1) is 11.3 Å². The largest absolute Gasteiger partial charge is 0.354 e. The molecular formula is C17H11ClN4S. The molecule has 0 radical (unpaired) electrons. The molecule has 23 heavy (non-hydrogen) atoms. The first-order chi connectivity index (χ1) is 11.3. The van der Waals surface area contributed by atoms with Crippen LogP contribution in [0.5, 0.6) is 0 Å². The minimum atomic E-state index is 0.695. The number of nitrogens with one attached hydrogen (secondary N) is 1. The number of fused-ring (bicyclic) bond motifs is 1. The van der Waals surface area contributed by atoms with Crippen LogP contribution in [0.15, 0.2) is 61.1 Å². The van der Waals surface area contributed by atoms with E-state index in [2.05, 4.69) is 20.3 Å². The van der Waals surface area contributed by atoms with Gasteiger partial charge in [-0.2, -0.15) is 0 Å². The summed E-state index contributed by atoms with van der Waals surface area (Å²) in [6, 6.07) is 13.5. The van der Waals surface area contributed by atoms with E-state index in [4.69, 9.17) is 11.6 Å². The number of rotatable bonds is 3. The average molecular weight is 339 g/mol. The van der Waals surface area contributed by atoms with Crippen molar-refractivity contribution >= 4 is 44.7 Å². The van der Waals surface area contributed by atoms with Gasteiger partial charge in [0, 0.05) is 28.7 Å². The predicted octanol–water partition coefficient (Wildman–Crippen LogP) is 5.15. The molecule has 3 aromatic heterocycles. The molecule has 112 valence electrons. The normalized spacial score (nSPS) is 10.8. The summed E-state index contributed by atoms with van der Waals surface area (Å²) in [5.41, 5.74) is 3.57. The van der Waals surface area contributed by atoms with Gasteiger partial charge in [-0.05, 0) is 36.4 Å². The lowest BCUT2D eigenvalue weighted by Crippen LogP contribution is -1.90. The maximum absolute atomic E-state index is 6.01. The fourth-order valence-corrected chi connectivity index (χ4v) is 3.38. The van der Waals surface area contributed by atoms with Crippen LogP contribution < -0.4 is 5.32 Å². The molecule has 0 bridgehead atoms. The molecule has 0 aliphatic rings. The molecule has 0 fully saturated rings. The monoisotopic (exact) mass is 338 g/mol. The lowest BCUT2D eigenvalue weighted by molar-refractivity contribution is 1.30. The second kappa shape index (κ2) is 5.95. The van der Waals surface area contributed by atoms with Gasteiger partial charge < -0.3 is 5.32 Å². The number of nitrogens with zero attached hydrogens (tertiary/aromatic N) is 3. The highest BCUT2D eigenvalue weighted by Crippen LogP contribution is 2.31. The Bertz CT molecular complexity index is 969. The van der Waals surface area contributed by atoms with Crippen LogP contribution in [0, 0.1) is 0 Å².